The minimum atomic E-state index is -1.44. The third-order valence-corrected chi connectivity index (χ3v) is 5.75. The van der Waals surface area contributed by atoms with Crippen molar-refractivity contribution in [3.8, 4) is 10.6 Å². The topological polar surface area (TPSA) is 59.1 Å². The molecule has 1 heterocycles. The lowest BCUT2D eigenvalue weighted by Crippen LogP contribution is -2.12. The Morgan fingerprint density at radius 3 is 2.46 bits per heavy atom. The van der Waals surface area contributed by atoms with E-state index in [1.165, 1.54) is 41.9 Å². The normalized spacial score (nSPS) is 12.0. The smallest absolute Gasteiger partial charge is 0.267 e. The zero-order chi connectivity index (χ0) is 18.8. The number of hydrogen-bond donors (Lipinski definition) is 1. The van der Waals surface area contributed by atoms with Crippen molar-refractivity contribution >= 4 is 33.7 Å². The van der Waals surface area contributed by atoms with Gasteiger partial charge in [-0.2, -0.15) is 0 Å². The van der Waals surface area contributed by atoms with Crippen LogP contribution < -0.4 is 5.32 Å². The number of aromatic nitrogens is 1. The van der Waals surface area contributed by atoms with Gasteiger partial charge in [0.05, 0.1) is 21.4 Å². The van der Waals surface area contributed by atoms with Crippen LogP contribution in [0.25, 0.3) is 10.6 Å². The van der Waals surface area contributed by atoms with Crippen molar-refractivity contribution in [3.63, 3.8) is 0 Å². The maximum atomic E-state index is 13.9. The van der Waals surface area contributed by atoms with Crippen molar-refractivity contribution in [2.45, 2.75) is 11.8 Å². The average molecular weight is 392 g/mol. The fourth-order valence-corrected chi connectivity index (χ4v) is 3.88. The first-order valence-corrected chi connectivity index (χ1v) is 9.90. The maximum absolute atomic E-state index is 13.9. The molecule has 4 nitrogen and oxygen atoms in total. The van der Waals surface area contributed by atoms with Gasteiger partial charge in [0, 0.05) is 17.5 Å². The second kappa shape index (κ2) is 7.43. The summed E-state index contributed by atoms with van der Waals surface area (Å²) in [6.45, 7) is 1.70. The largest absolute Gasteiger partial charge is 0.321 e. The van der Waals surface area contributed by atoms with Gasteiger partial charge in [-0.25, -0.2) is 13.8 Å². The van der Waals surface area contributed by atoms with Crippen LogP contribution in [0.5, 0.6) is 0 Å². The number of carbonyl (C=O) groups excluding carboxylic acids is 1. The van der Waals surface area contributed by atoms with E-state index in [1.54, 1.807) is 19.1 Å². The quantitative estimate of drug-likeness (QED) is 0.717. The minimum absolute atomic E-state index is 0.0792. The van der Waals surface area contributed by atoms with Crippen LogP contribution in [-0.2, 0) is 10.8 Å². The molecule has 1 amide bonds. The molecule has 134 valence electrons. The molecule has 3 aromatic rings. The van der Waals surface area contributed by atoms with Crippen LogP contribution in [0.4, 0.5) is 14.5 Å². The molecule has 1 aromatic heterocycles. The van der Waals surface area contributed by atoms with Crippen molar-refractivity contribution in [1.29, 1.82) is 0 Å². The molecule has 0 aliphatic carbocycles. The number of amides is 1. The van der Waals surface area contributed by atoms with E-state index >= 15 is 0 Å². The van der Waals surface area contributed by atoms with Gasteiger partial charge in [0.15, 0.2) is 0 Å². The van der Waals surface area contributed by atoms with Gasteiger partial charge in [-0.1, -0.05) is 0 Å². The summed E-state index contributed by atoms with van der Waals surface area (Å²) in [6, 6.07) is 9.84. The fourth-order valence-electron chi connectivity index (χ4n) is 2.32. The highest BCUT2D eigenvalue weighted by atomic mass is 32.2. The number of carbonyl (C=O) groups is 1. The number of hydrogen-bond acceptors (Lipinski definition) is 4. The first-order chi connectivity index (χ1) is 12.3. The number of thiazole rings is 1. The number of nitrogens with zero attached hydrogens (tertiary/aromatic N) is 1. The van der Waals surface area contributed by atoms with E-state index in [-0.39, 0.29) is 16.4 Å². The fraction of sp³-hybridized carbons (Fsp3) is 0.111. The Morgan fingerprint density at radius 1 is 1.15 bits per heavy atom. The summed E-state index contributed by atoms with van der Waals surface area (Å²) >= 11 is 1.17. The first kappa shape index (κ1) is 18.3. The van der Waals surface area contributed by atoms with E-state index in [2.05, 4.69) is 10.3 Å². The van der Waals surface area contributed by atoms with E-state index in [9.17, 15) is 17.8 Å². The van der Waals surface area contributed by atoms with Crippen molar-refractivity contribution in [2.75, 3.05) is 11.6 Å². The molecule has 26 heavy (non-hydrogen) atoms. The molecule has 0 fully saturated rings. The summed E-state index contributed by atoms with van der Waals surface area (Å²) in [4.78, 5) is 17.3. The summed E-state index contributed by atoms with van der Waals surface area (Å²) in [5, 5.41) is 3.21. The van der Waals surface area contributed by atoms with Crippen molar-refractivity contribution < 1.29 is 17.8 Å². The van der Waals surface area contributed by atoms with Gasteiger partial charge in [0.2, 0.25) is 0 Å². The Balaban J connectivity index is 1.83. The van der Waals surface area contributed by atoms with Crippen LogP contribution in [0, 0.1) is 18.6 Å². The predicted octanol–water partition coefficient (Wildman–Crippen LogP) is 4.39. The van der Waals surface area contributed by atoms with Crippen LogP contribution in [0.2, 0.25) is 0 Å². The SMILES string of the molecule is Cc1nc(-c2ccc(F)cc2)sc1C(=O)Nc1ccc([S@@](C)=O)c(F)c1. The number of halogens is 2. The summed E-state index contributed by atoms with van der Waals surface area (Å²) in [7, 11) is -1.44. The Labute approximate surface area is 155 Å². The van der Waals surface area contributed by atoms with Gasteiger partial charge < -0.3 is 5.32 Å². The van der Waals surface area contributed by atoms with Crippen LogP contribution in [0.15, 0.2) is 47.4 Å². The molecule has 0 aliphatic rings. The molecule has 3 rings (SSSR count). The highest BCUT2D eigenvalue weighted by Gasteiger charge is 2.17. The Morgan fingerprint density at radius 2 is 1.85 bits per heavy atom. The van der Waals surface area contributed by atoms with E-state index in [4.69, 9.17) is 0 Å². The number of nitrogens with one attached hydrogen (secondary N) is 1. The highest BCUT2D eigenvalue weighted by molar-refractivity contribution is 7.84. The van der Waals surface area contributed by atoms with Crippen molar-refractivity contribution in [3.05, 3.63) is 64.7 Å². The predicted molar refractivity (Wildman–Crippen MR) is 98.9 cm³/mol. The molecule has 0 saturated carbocycles. The molecule has 0 radical (unpaired) electrons. The maximum Gasteiger partial charge on any atom is 0.267 e. The number of anilines is 1. The molecule has 0 aliphatic heterocycles. The Hall–Kier alpha value is -2.45. The second-order valence-corrected chi connectivity index (χ2v) is 7.84. The minimum Gasteiger partial charge on any atom is -0.321 e. The molecule has 0 unspecified atom stereocenters. The zero-order valence-corrected chi connectivity index (χ0v) is 15.5. The third kappa shape index (κ3) is 3.86. The van der Waals surface area contributed by atoms with E-state index in [0.29, 0.717) is 21.1 Å². The third-order valence-electron chi connectivity index (χ3n) is 3.59. The van der Waals surface area contributed by atoms with E-state index in [0.717, 1.165) is 6.07 Å². The molecule has 8 heteroatoms. The molecule has 1 N–H and O–H groups in total. The Bertz CT molecular complexity index is 1000. The lowest BCUT2D eigenvalue weighted by Gasteiger charge is -2.06. The molecule has 1 atom stereocenters. The van der Waals surface area contributed by atoms with Crippen LogP contribution >= 0.6 is 11.3 Å². The molecule has 0 bridgehead atoms. The van der Waals surface area contributed by atoms with Crippen LogP contribution in [0.1, 0.15) is 15.4 Å². The van der Waals surface area contributed by atoms with Gasteiger partial charge in [0.25, 0.3) is 5.91 Å². The van der Waals surface area contributed by atoms with Gasteiger partial charge in [0.1, 0.15) is 21.5 Å². The molecular weight excluding hydrogens is 378 g/mol. The van der Waals surface area contributed by atoms with E-state index in [1.807, 2.05) is 0 Å². The molecule has 0 saturated heterocycles. The Kier molecular flexibility index (Phi) is 5.24. The summed E-state index contributed by atoms with van der Waals surface area (Å²) in [5.41, 5.74) is 1.50. The monoisotopic (exact) mass is 392 g/mol. The summed E-state index contributed by atoms with van der Waals surface area (Å²) in [6.07, 6.45) is 1.38. The summed E-state index contributed by atoms with van der Waals surface area (Å²) in [5.74, 6) is -1.41. The van der Waals surface area contributed by atoms with Gasteiger partial charge in [-0.15, -0.1) is 11.3 Å². The molecule has 2 aromatic carbocycles. The zero-order valence-electron chi connectivity index (χ0n) is 13.9. The number of rotatable bonds is 4. The standard InChI is InChI=1S/C18H14F2N2O2S2/c1-10-16(25-18(21-10)11-3-5-12(19)6-4-11)17(23)22-13-7-8-15(26(2)24)14(20)9-13/h3-9H,1-2H3,(H,22,23)/t26-/m1/s1. The lowest BCUT2D eigenvalue weighted by atomic mass is 10.2. The number of benzene rings is 2. The van der Waals surface area contributed by atoms with Crippen LogP contribution in [-0.4, -0.2) is 21.4 Å². The average Bonchev–Trinajstić information content (AvgIpc) is 2.97. The molecule has 0 spiro atoms. The van der Waals surface area contributed by atoms with Gasteiger partial charge >= 0.3 is 0 Å². The number of aryl methyl sites for hydroxylation is 1. The van der Waals surface area contributed by atoms with E-state index < -0.39 is 22.5 Å². The van der Waals surface area contributed by atoms with Gasteiger partial charge in [-0.05, 0) is 49.4 Å². The lowest BCUT2D eigenvalue weighted by molar-refractivity contribution is 0.103. The second-order valence-electron chi connectivity index (χ2n) is 5.49. The van der Waals surface area contributed by atoms with Crippen molar-refractivity contribution in [1.82, 2.24) is 4.98 Å². The highest BCUT2D eigenvalue weighted by Crippen LogP contribution is 2.29. The molecular formula is C18H14F2N2O2S2. The van der Waals surface area contributed by atoms with Crippen molar-refractivity contribution in [2.24, 2.45) is 0 Å². The summed E-state index contributed by atoms with van der Waals surface area (Å²) < 4.78 is 38.3. The van der Waals surface area contributed by atoms with Gasteiger partial charge in [-0.3, -0.25) is 9.00 Å². The first-order valence-electron chi connectivity index (χ1n) is 7.53. The van der Waals surface area contributed by atoms with Crippen LogP contribution in [0.3, 0.4) is 0 Å².